The molecular weight excluding hydrogens is 222 g/mol. The van der Waals surface area contributed by atoms with Crippen molar-refractivity contribution in [2.24, 2.45) is 0 Å². The van der Waals surface area contributed by atoms with E-state index in [4.69, 9.17) is 9.26 Å². The van der Waals surface area contributed by atoms with Crippen molar-refractivity contribution in [1.29, 1.82) is 0 Å². The Balaban J connectivity index is 1.83. The number of nitrogens with one attached hydrogen (secondary N) is 2. The smallest absolute Gasteiger partial charge is 0.252 e. The summed E-state index contributed by atoms with van der Waals surface area (Å²) in [6.45, 7) is 7.23. The molecule has 2 heterocycles. The fraction of sp³-hybridized carbons (Fsp3) is 0.636. The SMILES string of the molecule is Cc1noc(NC(=O)COC2(C)CNC2)c1C. The zero-order chi connectivity index (χ0) is 12.5. The maximum Gasteiger partial charge on any atom is 0.252 e. The summed E-state index contributed by atoms with van der Waals surface area (Å²) in [5.74, 6) is 0.172. The van der Waals surface area contributed by atoms with Gasteiger partial charge in [0.2, 0.25) is 5.88 Å². The van der Waals surface area contributed by atoms with Gasteiger partial charge in [-0.25, -0.2) is 0 Å². The zero-order valence-electron chi connectivity index (χ0n) is 10.3. The molecule has 0 spiro atoms. The molecule has 1 aliphatic rings. The Morgan fingerprint density at radius 2 is 2.29 bits per heavy atom. The van der Waals surface area contributed by atoms with Crippen LogP contribution in [0.5, 0.6) is 0 Å². The van der Waals surface area contributed by atoms with Gasteiger partial charge in [0.25, 0.3) is 5.91 Å². The minimum atomic E-state index is -0.225. The topological polar surface area (TPSA) is 76.4 Å². The van der Waals surface area contributed by atoms with Crippen molar-refractivity contribution in [3.05, 3.63) is 11.3 Å². The molecule has 2 rings (SSSR count). The van der Waals surface area contributed by atoms with Gasteiger partial charge in [-0.3, -0.25) is 10.1 Å². The van der Waals surface area contributed by atoms with Gasteiger partial charge in [-0.2, -0.15) is 0 Å². The second kappa shape index (κ2) is 4.46. The third-order valence-electron chi connectivity index (χ3n) is 2.96. The Hall–Kier alpha value is -1.40. The first-order chi connectivity index (χ1) is 8.00. The highest BCUT2D eigenvalue weighted by molar-refractivity contribution is 5.91. The van der Waals surface area contributed by atoms with Gasteiger partial charge < -0.3 is 14.6 Å². The molecule has 94 valence electrons. The summed E-state index contributed by atoms with van der Waals surface area (Å²) in [6, 6.07) is 0. The highest BCUT2D eigenvalue weighted by Crippen LogP contribution is 2.18. The maximum absolute atomic E-state index is 11.6. The average Bonchev–Trinajstić information content (AvgIpc) is 2.56. The van der Waals surface area contributed by atoms with Crippen LogP contribution in [0.25, 0.3) is 0 Å². The van der Waals surface area contributed by atoms with E-state index in [-0.39, 0.29) is 18.1 Å². The van der Waals surface area contributed by atoms with Crippen LogP contribution < -0.4 is 10.6 Å². The molecule has 1 aromatic heterocycles. The number of hydrogen-bond donors (Lipinski definition) is 2. The summed E-state index contributed by atoms with van der Waals surface area (Å²) < 4.78 is 10.5. The van der Waals surface area contributed by atoms with Gasteiger partial charge in [-0.15, -0.1) is 0 Å². The average molecular weight is 239 g/mol. The number of aryl methyl sites for hydroxylation is 1. The predicted molar refractivity (Wildman–Crippen MR) is 61.8 cm³/mol. The van der Waals surface area contributed by atoms with Crippen molar-refractivity contribution in [2.75, 3.05) is 25.0 Å². The molecule has 6 heteroatoms. The number of amides is 1. The summed E-state index contributed by atoms with van der Waals surface area (Å²) in [6.07, 6.45) is 0. The first-order valence-electron chi connectivity index (χ1n) is 5.57. The molecule has 1 saturated heterocycles. The number of carbonyl (C=O) groups excluding carboxylic acids is 1. The largest absolute Gasteiger partial charge is 0.363 e. The van der Waals surface area contributed by atoms with Crippen molar-refractivity contribution in [2.45, 2.75) is 26.4 Å². The Morgan fingerprint density at radius 3 is 2.76 bits per heavy atom. The lowest BCUT2D eigenvalue weighted by atomic mass is 10.0. The van der Waals surface area contributed by atoms with Crippen LogP contribution in [0.4, 0.5) is 5.88 Å². The van der Waals surface area contributed by atoms with Crippen LogP contribution in [-0.4, -0.2) is 36.4 Å². The Morgan fingerprint density at radius 1 is 1.59 bits per heavy atom. The first kappa shape index (κ1) is 12.1. The van der Waals surface area contributed by atoms with E-state index in [1.54, 1.807) is 0 Å². The van der Waals surface area contributed by atoms with E-state index in [0.717, 1.165) is 24.3 Å². The van der Waals surface area contributed by atoms with Gasteiger partial charge in [-0.1, -0.05) is 5.16 Å². The summed E-state index contributed by atoms with van der Waals surface area (Å²) in [5.41, 5.74) is 1.40. The maximum atomic E-state index is 11.6. The molecule has 1 aromatic rings. The van der Waals surface area contributed by atoms with Crippen LogP contribution in [0.3, 0.4) is 0 Å². The zero-order valence-corrected chi connectivity index (χ0v) is 10.3. The van der Waals surface area contributed by atoms with E-state index in [2.05, 4.69) is 15.8 Å². The lowest BCUT2D eigenvalue weighted by molar-refractivity contribution is -0.130. The highest BCUT2D eigenvalue weighted by Gasteiger charge is 2.33. The first-order valence-corrected chi connectivity index (χ1v) is 5.57. The van der Waals surface area contributed by atoms with Gasteiger partial charge in [-0.05, 0) is 20.8 Å². The molecule has 1 aliphatic heterocycles. The van der Waals surface area contributed by atoms with Gasteiger partial charge in [0, 0.05) is 18.7 Å². The van der Waals surface area contributed by atoms with E-state index in [1.807, 2.05) is 20.8 Å². The van der Waals surface area contributed by atoms with E-state index in [0.29, 0.717) is 5.88 Å². The molecule has 0 aliphatic carbocycles. The molecule has 0 bridgehead atoms. The molecule has 2 N–H and O–H groups in total. The van der Waals surface area contributed by atoms with Crippen molar-refractivity contribution in [1.82, 2.24) is 10.5 Å². The molecule has 0 unspecified atom stereocenters. The molecule has 1 fully saturated rings. The van der Waals surface area contributed by atoms with Crippen LogP contribution >= 0.6 is 0 Å². The molecule has 0 saturated carbocycles. The van der Waals surface area contributed by atoms with E-state index < -0.39 is 0 Å². The molecule has 0 aromatic carbocycles. The van der Waals surface area contributed by atoms with Gasteiger partial charge in [0.05, 0.1) is 11.3 Å². The molecular formula is C11H17N3O3. The number of carbonyl (C=O) groups is 1. The lowest BCUT2D eigenvalue weighted by Crippen LogP contribution is -2.59. The van der Waals surface area contributed by atoms with Crippen LogP contribution in [0.15, 0.2) is 4.52 Å². The fourth-order valence-electron chi connectivity index (χ4n) is 1.51. The molecule has 6 nitrogen and oxygen atoms in total. The third-order valence-corrected chi connectivity index (χ3v) is 2.96. The predicted octanol–water partition coefficient (Wildman–Crippen LogP) is 0.608. The number of nitrogens with zero attached hydrogens (tertiary/aromatic N) is 1. The molecule has 0 atom stereocenters. The summed E-state index contributed by atoms with van der Waals surface area (Å²) in [7, 11) is 0. The number of rotatable bonds is 4. The second-order valence-electron chi connectivity index (χ2n) is 4.61. The standard InChI is InChI=1S/C11H17N3O3/c1-7-8(2)14-17-10(7)13-9(15)4-16-11(3)5-12-6-11/h12H,4-6H2,1-3H3,(H,13,15). The summed E-state index contributed by atoms with van der Waals surface area (Å²) in [5, 5.41) is 9.51. The summed E-state index contributed by atoms with van der Waals surface area (Å²) in [4.78, 5) is 11.6. The number of ether oxygens (including phenoxy) is 1. The van der Waals surface area contributed by atoms with E-state index in [1.165, 1.54) is 0 Å². The normalized spacial score (nSPS) is 17.6. The third kappa shape index (κ3) is 2.65. The van der Waals surface area contributed by atoms with Crippen LogP contribution in [0.2, 0.25) is 0 Å². The quantitative estimate of drug-likeness (QED) is 0.805. The van der Waals surface area contributed by atoms with Crippen molar-refractivity contribution >= 4 is 11.8 Å². The van der Waals surface area contributed by atoms with E-state index >= 15 is 0 Å². The second-order valence-corrected chi connectivity index (χ2v) is 4.61. The van der Waals surface area contributed by atoms with Crippen molar-refractivity contribution in [3.63, 3.8) is 0 Å². The van der Waals surface area contributed by atoms with Crippen LogP contribution in [0, 0.1) is 13.8 Å². The molecule has 17 heavy (non-hydrogen) atoms. The molecule has 1 amide bonds. The minimum Gasteiger partial charge on any atom is -0.363 e. The number of hydrogen-bond acceptors (Lipinski definition) is 5. The fourth-order valence-corrected chi connectivity index (χ4v) is 1.51. The minimum absolute atomic E-state index is 0.0252. The van der Waals surface area contributed by atoms with Crippen LogP contribution in [-0.2, 0) is 9.53 Å². The lowest BCUT2D eigenvalue weighted by Gasteiger charge is -2.38. The Bertz CT molecular complexity index is 424. The molecule has 0 radical (unpaired) electrons. The van der Waals surface area contributed by atoms with Crippen LogP contribution in [0.1, 0.15) is 18.2 Å². The van der Waals surface area contributed by atoms with Crippen molar-refractivity contribution < 1.29 is 14.1 Å². The summed E-state index contributed by atoms with van der Waals surface area (Å²) >= 11 is 0. The monoisotopic (exact) mass is 239 g/mol. The van der Waals surface area contributed by atoms with E-state index in [9.17, 15) is 4.79 Å². The van der Waals surface area contributed by atoms with Crippen molar-refractivity contribution in [3.8, 4) is 0 Å². The highest BCUT2D eigenvalue weighted by atomic mass is 16.5. The van der Waals surface area contributed by atoms with Gasteiger partial charge >= 0.3 is 0 Å². The number of anilines is 1. The van der Waals surface area contributed by atoms with Gasteiger partial charge in [0.1, 0.15) is 6.61 Å². The Kier molecular flexibility index (Phi) is 3.17. The Labute approximate surface area is 99.7 Å². The van der Waals surface area contributed by atoms with Gasteiger partial charge in [0.15, 0.2) is 0 Å². The number of aromatic nitrogens is 1.